The van der Waals surface area contributed by atoms with Gasteiger partial charge in [-0.25, -0.2) is 14.5 Å². The van der Waals surface area contributed by atoms with Gasteiger partial charge in [-0.05, 0) is 13.3 Å². The Kier molecular flexibility index (Phi) is 2.70. The molecule has 2 atom stereocenters. The number of carbonyl (C=O) groups is 3. The number of hydrogen-bond acceptors (Lipinski definition) is 5. The fraction of sp³-hybridized carbons (Fsp3) is 0.545. The smallest absolute Gasteiger partial charge is 0.322 e. The van der Waals surface area contributed by atoms with E-state index in [0.717, 1.165) is 0 Å². The average molecular weight is 278 g/mol. The number of rotatable bonds is 2. The van der Waals surface area contributed by atoms with Crippen molar-refractivity contribution < 1.29 is 14.4 Å². The van der Waals surface area contributed by atoms with E-state index in [0.29, 0.717) is 13.0 Å². The van der Waals surface area contributed by atoms with Crippen LogP contribution in [0, 0.1) is 0 Å². The first kappa shape index (κ1) is 12.6. The van der Waals surface area contributed by atoms with Crippen LogP contribution in [0.25, 0.3) is 0 Å². The molecule has 1 aromatic rings. The number of aromatic nitrogens is 3. The van der Waals surface area contributed by atoms with Crippen molar-refractivity contribution in [3.8, 4) is 0 Å². The molecule has 1 aromatic heterocycles. The third-order valence-corrected chi connectivity index (χ3v) is 3.79. The van der Waals surface area contributed by atoms with Crippen LogP contribution in [-0.2, 0) is 9.59 Å². The van der Waals surface area contributed by atoms with Gasteiger partial charge in [-0.3, -0.25) is 14.9 Å². The molecule has 0 aromatic carbocycles. The minimum absolute atomic E-state index is 0.152. The maximum Gasteiger partial charge on any atom is 0.322 e. The zero-order chi connectivity index (χ0) is 14.3. The molecule has 9 nitrogen and oxygen atoms in total. The maximum absolute atomic E-state index is 12.4. The molecule has 2 fully saturated rings. The summed E-state index contributed by atoms with van der Waals surface area (Å²) in [7, 11) is 0. The van der Waals surface area contributed by atoms with Gasteiger partial charge in [0.05, 0.1) is 6.54 Å². The van der Waals surface area contributed by atoms with Crippen molar-refractivity contribution in [3.05, 3.63) is 12.7 Å². The second-order valence-corrected chi connectivity index (χ2v) is 5.05. The van der Waals surface area contributed by atoms with Gasteiger partial charge in [-0.15, -0.1) is 0 Å². The van der Waals surface area contributed by atoms with E-state index >= 15 is 0 Å². The monoisotopic (exact) mass is 278 g/mol. The largest absolute Gasteiger partial charge is 0.338 e. The van der Waals surface area contributed by atoms with E-state index in [4.69, 9.17) is 0 Å². The Morgan fingerprint density at radius 1 is 1.50 bits per heavy atom. The summed E-state index contributed by atoms with van der Waals surface area (Å²) >= 11 is 0. The van der Waals surface area contributed by atoms with Crippen LogP contribution in [0.2, 0.25) is 0 Å². The second-order valence-electron chi connectivity index (χ2n) is 5.05. The molecule has 2 N–H and O–H groups in total. The summed E-state index contributed by atoms with van der Waals surface area (Å²) in [5.74, 6) is -0.521. The molecule has 2 unspecified atom stereocenters. The number of imide groups is 1. The molecule has 20 heavy (non-hydrogen) atoms. The molecular weight excluding hydrogens is 264 g/mol. The SMILES string of the molecule is CC(C(=O)N1CCC2(C1)NC(=O)NC2=O)n1cncn1. The molecule has 2 aliphatic heterocycles. The minimum atomic E-state index is -0.977. The lowest BCUT2D eigenvalue weighted by molar-refractivity contribution is -0.134. The van der Waals surface area contributed by atoms with Gasteiger partial charge in [-0.1, -0.05) is 0 Å². The van der Waals surface area contributed by atoms with Gasteiger partial charge in [0.2, 0.25) is 5.91 Å². The zero-order valence-electron chi connectivity index (χ0n) is 10.9. The maximum atomic E-state index is 12.4. The fourth-order valence-electron chi connectivity index (χ4n) is 2.61. The van der Waals surface area contributed by atoms with Gasteiger partial charge < -0.3 is 10.2 Å². The number of carbonyl (C=O) groups excluding carboxylic acids is 3. The molecule has 9 heteroatoms. The molecule has 4 amide bonds. The first-order chi connectivity index (χ1) is 9.52. The van der Waals surface area contributed by atoms with Gasteiger partial charge >= 0.3 is 6.03 Å². The molecule has 2 saturated heterocycles. The van der Waals surface area contributed by atoms with Crippen molar-refractivity contribution >= 4 is 17.8 Å². The summed E-state index contributed by atoms with van der Waals surface area (Å²) in [6.45, 7) is 2.32. The zero-order valence-corrected chi connectivity index (χ0v) is 10.9. The highest BCUT2D eigenvalue weighted by Crippen LogP contribution is 2.26. The first-order valence-electron chi connectivity index (χ1n) is 6.28. The van der Waals surface area contributed by atoms with Gasteiger partial charge in [0, 0.05) is 6.54 Å². The fourth-order valence-corrected chi connectivity index (χ4v) is 2.61. The number of hydrogen-bond donors (Lipinski definition) is 2. The third kappa shape index (κ3) is 1.82. The van der Waals surface area contributed by atoms with Crippen molar-refractivity contribution in [3.63, 3.8) is 0 Å². The molecule has 3 rings (SSSR count). The number of likely N-dealkylation sites (tertiary alicyclic amines) is 1. The Bertz CT molecular complexity index is 571. The van der Waals surface area contributed by atoms with Gasteiger partial charge in [-0.2, -0.15) is 5.10 Å². The lowest BCUT2D eigenvalue weighted by Gasteiger charge is -2.23. The molecule has 0 radical (unpaired) electrons. The van der Waals surface area contributed by atoms with Crippen LogP contribution >= 0.6 is 0 Å². The van der Waals surface area contributed by atoms with Crippen LogP contribution in [0.15, 0.2) is 12.7 Å². The first-order valence-corrected chi connectivity index (χ1v) is 6.28. The normalized spacial score (nSPS) is 26.8. The van der Waals surface area contributed by atoms with Crippen LogP contribution < -0.4 is 10.6 Å². The van der Waals surface area contributed by atoms with Crippen LogP contribution in [0.5, 0.6) is 0 Å². The highest BCUT2D eigenvalue weighted by atomic mass is 16.2. The Morgan fingerprint density at radius 3 is 2.90 bits per heavy atom. The van der Waals surface area contributed by atoms with Crippen molar-refractivity contribution in [1.29, 1.82) is 0 Å². The minimum Gasteiger partial charge on any atom is -0.338 e. The summed E-state index contributed by atoms with van der Waals surface area (Å²) in [5.41, 5.74) is -0.977. The van der Waals surface area contributed by atoms with Crippen LogP contribution in [0.3, 0.4) is 0 Å². The molecular formula is C11H14N6O3. The summed E-state index contributed by atoms with van der Waals surface area (Å²) in [6.07, 6.45) is 3.25. The van der Waals surface area contributed by atoms with Gasteiger partial charge in [0.25, 0.3) is 5.91 Å². The van der Waals surface area contributed by atoms with Crippen LogP contribution in [0.4, 0.5) is 4.79 Å². The summed E-state index contributed by atoms with van der Waals surface area (Å²) in [5, 5.41) is 8.75. The van der Waals surface area contributed by atoms with Crippen LogP contribution in [0.1, 0.15) is 19.4 Å². The second kappa shape index (κ2) is 4.29. The van der Waals surface area contributed by atoms with Gasteiger partial charge in [0.15, 0.2) is 0 Å². The predicted octanol–water partition coefficient (Wildman–Crippen LogP) is -1.35. The van der Waals surface area contributed by atoms with E-state index in [1.165, 1.54) is 17.3 Å². The highest BCUT2D eigenvalue weighted by molar-refractivity contribution is 6.07. The highest BCUT2D eigenvalue weighted by Gasteiger charge is 2.52. The average Bonchev–Trinajstić information content (AvgIpc) is 3.11. The molecule has 1 spiro atoms. The number of nitrogens with zero attached hydrogens (tertiary/aromatic N) is 4. The topological polar surface area (TPSA) is 109 Å². The summed E-state index contributed by atoms with van der Waals surface area (Å²) in [4.78, 5) is 40.8. The Labute approximate surface area is 114 Å². The van der Waals surface area contributed by atoms with E-state index in [-0.39, 0.29) is 18.4 Å². The van der Waals surface area contributed by atoms with Crippen molar-refractivity contribution in [2.24, 2.45) is 0 Å². The lowest BCUT2D eigenvalue weighted by atomic mass is 9.99. The van der Waals surface area contributed by atoms with Gasteiger partial charge in [0.1, 0.15) is 24.2 Å². The molecule has 0 aliphatic carbocycles. The Morgan fingerprint density at radius 2 is 2.30 bits per heavy atom. The molecule has 106 valence electrons. The van der Waals surface area contributed by atoms with E-state index in [9.17, 15) is 14.4 Å². The number of amides is 4. The Hall–Kier alpha value is -2.45. The van der Waals surface area contributed by atoms with E-state index in [1.807, 2.05) is 0 Å². The van der Waals surface area contributed by atoms with Crippen molar-refractivity contribution in [1.82, 2.24) is 30.3 Å². The third-order valence-electron chi connectivity index (χ3n) is 3.79. The Balaban J connectivity index is 1.73. The van der Waals surface area contributed by atoms with Crippen molar-refractivity contribution in [2.45, 2.75) is 24.9 Å². The van der Waals surface area contributed by atoms with E-state index in [2.05, 4.69) is 20.7 Å². The summed E-state index contributed by atoms with van der Waals surface area (Å²) < 4.78 is 1.46. The lowest BCUT2D eigenvalue weighted by Crippen LogP contribution is -2.50. The number of urea groups is 1. The summed E-state index contributed by atoms with van der Waals surface area (Å²) in [6, 6.07) is -0.999. The van der Waals surface area contributed by atoms with Crippen molar-refractivity contribution in [2.75, 3.05) is 13.1 Å². The molecule has 0 bridgehead atoms. The van der Waals surface area contributed by atoms with E-state index in [1.54, 1.807) is 11.8 Å². The van der Waals surface area contributed by atoms with E-state index < -0.39 is 17.6 Å². The quantitative estimate of drug-likeness (QED) is 0.650. The molecule has 0 saturated carbocycles. The van der Waals surface area contributed by atoms with Crippen LogP contribution in [-0.4, -0.2) is 56.1 Å². The molecule has 2 aliphatic rings. The standard InChI is InChI=1S/C11H14N6O3/c1-7(17-6-12-5-13-17)8(18)16-3-2-11(4-16)9(19)14-10(20)15-11/h5-7H,2-4H2,1H3,(H2,14,15,19,20). The molecule has 3 heterocycles. The number of nitrogens with one attached hydrogen (secondary N) is 2. The predicted molar refractivity (Wildman–Crippen MR) is 65.3 cm³/mol.